The SMILES string of the molecule is CCON(COC(=O)/C=C/C(=O)OC)C(C)=O. The zero-order valence-electron chi connectivity index (χ0n) is 9.97. The quantitative estimate of drug-likeness (QED) is 0.284. The average molecular weight is 245 g/mol. The molecule has 0 aromatic rings. The molecule has 7 heteroatoms. The minimum Gasteiger partial charge on any atom is -0.466 e. The maximum Gasteiger partial charge on any atom is 0.332 e. The molecule has 1 amide bonds. The number of nitrogens with zero attached hydrogens (tertiary/aromatic N) is 1. The van der Waals surface area contributed by atoms with Gasteiger partial charge in [0.15, 0.2) is 6.73 Å². The lowest BCUT2D eigenvalue weighted by molar-refractivity contribution is -0.208. The Kier molecular flexibility index (Phi) is 7.36. The van der Waals surface area contributed by atoms with Gasteiger partial charge in [0.1, 0.15) is 0 Å². The predicted octanol–water partition coefficient (Wildman–Crippen LogP) is 0.0163. The monoisotopic (exact) mass is 245 g/mol. The van der Waals surface area contributed by atoms with Crippen molar-refractivity contribution >= 4 is 17.8 Å². The van der Waals surface area contributed by atoms with Crippen molar-refractivity contribution in [3.63, 3.8) is 0 Å². The second-order valence-electron chi connectivity index (χ2n) is 2.76. The van der Waals surface area contributed by atoms with Crippen LogP contribution >= 0.6 is 0 Å². The molecule has 0 aliphatic rings. The molecular weight excluding hydrogens is 230 g/mol. The molecule has 0 bridgehead atoms. The van der Waals surface area contributed by atoms with Gasteiger partial charge in [-0.15, -0.1) is 0 Å². The van der Waals surface area contributed by atoms with Crippen molar-refractivity contribution in [1.29, 1.82) is 0 Å². The first kappa shape index (κ1) is 15.1. The van der Waals surface area contributed by atoms with E-state index in [1.165, 1.54) is 14.0 Å². The molecule has 0 saturated heterocycles. The van der Waals surface area contributed by atoms with Crippen LogP contribution in [0.25, 0.3) is 0 Å². The highest BCUT2D eigenvalue weighted by Crippen LogP contribution is 1.94. The number of ether oxygens (including phenoxy) is 2. The molecule has 0 aliphatic heterocycles. The van der Waals surface area contributed by atoms with Crippen molar-refractivity contribution in [3.05, 3.63) is 12.2 Å². The maximum atomic E-state index is 11.1. The molecule has 0 N–H and O–H groups in total. The van der Waals surface area contributed by atoms with E-state index in [4.69, 9.17) is 4.84 Å². The largest absolute Gasteiger partial charge is 0.466 e. The van der Waals surface area contributed by atoms with Gasteiger partial charge in [0, 0.05) is 19.1 Å². The fourth-order valence-corrected chi connectivity index (χ4v) is 0.749. The number of esters is 2. The fourth-order valence-electron chi connectivity index (χ4n) is 0.749. The van der Waals surface area contributed by atoms with Crippen molar-refractivity contribution in [1.82, 2.24) is 5.06 Å². The summed E-state index contributed by atoms with van der Waals surface area (Å²) in [6, 6.07) is 0. The molecule has 0 spiro atoms. The van der Waals surface area contributed by atoms with Gasteiger partial charge in [0.05, 0.1) is 13.7 Å². The van der Waals surface area contributed by atoms with Crippen LogP contribution in [0.2, 0.25) is 0 Å². The number of methoxy groups -OCH3 is 1. The number of hydrogen-bond donors (Lipinski definition) is 0. The normalized spacial score (nSPS) is 10.1. The number of carbonyl (C=O) groups excluding carboxylic acids is 3. The molecule has 0 saturated carbocycles. The van der Waals surface area contributed by atoms with Gasteiger partial charge in [0.2, 0.25) is 5.91 Å². The Morgan fingerprint density at radius 2 is 1.76 bits per heavy atom. The highest BCUT2D eigenvalue weighted by Gasteiger charge is 2.10. The van der Waals surface area contributed by atoms with Gasteiger partial charge < -0.3 is 9.47 Å². The molecule has 0 aromatic heterocycles. The second kappa shape index (κ2) is 8.28. The van der Waals surface area contributed by atoms with E-state index in [2.05, 4.69) is 9.47 Å². The Morgan fingerprint density at radius 3 is 2.24 bits per heavy atom. The predicted molar refractivity (Wildman–Crippen MR) is 56.3 cm³/mol. The van der Waals surface area contributed by atoms with Crippen LogP contribution in [0.5, 0.6) is 0 Å². The molecule has 96 valence electrons. The lowest BCUT2D eigenvalue weighted by Gasteiger charge is -2.18. The molecule has 17 heavy (non-hydrogen) atoms. The van der Waals surface area contributed by atoms with E-state index in [9.17, 15) is 14.4 Å². The van der Waals surface area contributed by atoms with Crippen molar-refractivity contribution < 1.29 is 28.7 Å². The summed E-state index contributed by atoms with van der Waals surface area (Å²) in [5.41, 5.74) is 0. The van der Waals surface area contributed by atoms with Gasteiger partial charge in [-0.05, 0) is 6.92 Å². The molecule has 7 nitrogen and oxygen atoms in total. The van der Waals surface area contributed by atoms with E-state index in [0.717, 1.165) is 17.2 Å². The van der Waals surface area contributed by atoms with Crippen LogP contribution in [-0.2, 0) is 28.7 Å². The second-order valence-corrected chi connectivity index (χ2v) is 2.76. The summed E-state index contributed by atoms with van der Waals surface area (Å²) in [7, 11) is 1.19. The van der Waals surface area contributed by atoms with Crippen molar-refractivity contribution in [2.75, 3.05) is 20.4 Å². The third-order valence-corrected chi connectivity index (χ3v) is 1.52. The topological polar surface area (TPSA) is 82.1 Å². The maximum absolute atomic E-state index is 11.1. The Balaban J connectivity index is 4.08. The van der Waals surface area contributed by atoms with E-state index in [0.29, 0.717) is 0 Å². The molecule has 0 radical (unpaired) electrons. The molecule has 0 aromatic carbocycles. The molecule has 0 unspecified atom stereocenters. The van der Waals surface area contributed by atoms with Gasteiger partial charge >= 0.3 is 11.9 Å². The third-order valence-electron chi connectivity index (χ3n) is 1.52. The first-order chi connectivity index (χ1) is 8.01. The molecule has 0 atom stereocenters. The van der Waals surface area contributed by atoms with Crippen molar-refractivity contribution in [3.8, 4) is 0 Å². The Labute approximate surface area is 98.9 Å². The fraction of sp³-hybridized carbons (Fsp3) is 0.500. The summed E-state index contributed by atoms with van der Waals surface area (Å²) in [4.78, 5) is 37.6. The van der Waals surface area contributed by atoms with Crippen LogP contribution in [0.1, 0.15) is 13.8 Å². The summed E-state index contributed by atoms with van der Waals surface area (Å²) in [6.07, 6.45) is 1.82. The Hall–Kier alpha value is -1.89. The third kappa shape index (κ3) is 7.07. The zero-order chi connectivity index (χ0) is 13.3. The summed E-state index contributed by atoms with van der Waals surface area (Å²) < 4.78 is 8.94. The average Bonchev–Trinajstić information content (AvgIpc) is 2.30. The summed E-state index contributed by atoms with van der Waals surface area (Å²) in [5.74, 6) is -1.84. The highest BCUT2D eigenvalue weighted by molar-refractivity contribution is 5.91. The van der Waals surface area contributed by atoms with Gasteiger partial charge in [0.25, 0.3) is 0 Å². The first-order valence-corrected chi connectivity index (χ1v) is 4.85. The molecule has 0 rings (SSSR count). The zero-order valence-corrected chi connectivity index (χ0v) is 9.97. The van der Waals surface area contributed by atoms with E-state index in [-0.39, 0.29) is 13.3 Å². The van der Waals surface area contributed by atoms with Crippen LogP contribution in [0.3, 0.4) is 0 Å². The van der Waals surface area contributed by atoms with Crippen molar-refractivity contribution in [2.45, 2.75) is 13.8 Å². The molecule has 0 fully saturated rings. The molecular formula is C10H15NO6. The summed E-state index contributed by atoms with van der Waals surface area (Å²) >= 11 is 0. The lowest BCUT2D eigenvalue weighted by Crippen LogP contribution is -2.32. The Bertz CT molecular complexity index is 312. The number of carbonyl (C=O) groups is 3. The Morgan fingerprint density at radius 1 is 1.18 bits per heavy atom. The van der Waals surface area contributed by atoms with Gasteiger partial charge in [-0.25, -0.2) is 9.59 Å². The highest BCUT2D eigenvalue weighted by atomic mass is 16.7. The summed E-state index contributed by atoms with van der Waals surface area (Å²) in [5, 5.41) is 0.893. The summed E-state index contributed by atoms with van der Waals surface area (Å²) in [6.45, 7) is 2.89. The van der Waals surface area contributed by atoms with E-state index in [1.807, 2.05) is 0 Å². The van der Waals surface area contributed by atoms with E-state index in [1.54, 1.807) is 6.92 Å². The smallest absolute Gasteiger partial charge is 0.332 e. The minimum absolute atomic E-state index is 0.273. The van der Waals surface area contributed by atoms with Gasteiger partial charge in [-0.2, -0.15) is 5.06 Å². The minimum atomic E-state index is -0.777. The van der Waals surface area contributed by atoms with Crippen LogP contribution in [-0.4, -0.2) is 43.4 Å². The number of amides is 1. The number of hydrogen-bond acceptors (Lipinski definition) is 6. The molecule has 0 heterocycles. The lowest BCUT2D eigenvalue weighted by atomic mass is 10.5. The standard InChI is InChI=1S/C10H15NO6/c1-4-17-11(8(2)12)7-16-10(14)6-5-9(13)15-3/h5-6H,4,7H2,1-3H3/b6-5+. The van der Waals surface area contributed by atoms with Gasteiger partial charge in [-0.1, -0.05) is 0 Å². The van der Waals surface area contributed by atoms with Gasteiger partial charge in [-0.3, -0.25) is 9.63 Å². The van der Waals surface area contributed by atoms with Crippen LogP contribution in [0, 0.1) is 0 Å². The van der Waals surface area contributed by atoms with Crippen LogP contribution < -0.4 is 0 Å². The van der Waals surface area contributed by atoms with Crippen molar-refractivity contribution in [2.24, 2.45) is 0 Å². The van der Waals surface area contributed by atoms with Crippen LogP contribution in [0.15, 0.2) is 12.2 Å². The first-order valence-electron chi connectivity index (χ1n) is 4.85. The van der Waals surface area contributed by atoms with E-state index >= 15 is 0 Å². The van der Waals surface area contributed by atoms with Crippen LogP contribution in [0.4, 0.5) is 0 Å². The number of rotatable bonds is 6. The van der Waals surface area contributed by atoms with E-state index < -0.39 is 17.8 Å². The molecule has 0 aliphatic carbocycles. The number of hydroxylamine groups is 2.